The molecule has 0 aliphatic carbocycles. The van der Waals surface area contributed by atoms with Gasteiger partial charge in [-0.2, -0.15) is 0 Å². The predicted octanol–water partition coefficient (Wildman–Crippen LogP) is 1.11. The Labute approximate surface area is 109 Å². The molecule has 1 unspecified atom stereocenters. The van der Waals surface area contributed by atoms with Crippen LogP contribution in [-0.4, -0.2) is 25.0 Å². The van der Waals surface area contributed by atoms with Gasteiger partial charge in [0.25, 0.3) is 0 Å². The Bertz CT molecular complexity index is 649. The van der Waals surface area contributed by atoms with Crippen molar-refractivity contribution in [2.75, 3.05) is 0 Å². The van der Waals surface area contributed by atoms with Gasteiger partial charge in [0, 0.05) is 12.4 Å². The fourth-order valence-electron chi connectivity index (χ4n) is 1.85. The van der Waals surface area contributed by atoms with Crippen molar-refractivity contribution in [2.24, 2.45) is 5.73 Å². The molecular formula is C13H12N6. The average Bonchev–Trinajstić information content (AvgIpc) is 2.98. The fraction of sp³-hybridized carbons (Fsp3) is 0.0769. The number of nitrogens with zero attached hydrogens (tertiary/aromatic N) is 5. The molecule has 0 saturated heterocycles. The first-order valence-electron chi connectivity index (χ1n) is 5.84. The Hall–Kier alpha value is -2.60. The summed E-state index contributed by atoms with van der Waals surface area (Å²) < 4.78 is 1.71. The fourth-order valence-corrected chi connectivity index (χ4v) is 1.85. The molecule has 0 bridgehead atoms. The molecule has 1 atom stereocenters. The molecule has 6 nitrogen and oxygen atoms in total. The van der Waals surface area contributed by atoms with Crippen LogP contribution in [0.5, 0.6) is 0 Å². The van der Waals surface area contributed by atoms with E-state index in [1.165, 1.54) is 0 Å². The molecule has 3 rings (SSSR count). The van der Waals surface area contributed by atoms with Crippen molar-refractivity contribution in [3.8, 4) is 5.69 Å². The summed E-state index contributed by atoms with van der Waals surface area (Å²) in [6.45, 7) is 0. The van der Waals surface area contributed by atoms with Crippen LogP contribution in [0.2, 0.25) is 0 Å². The first-order chi connectivity index (χ1) is 9.36. The number of rotatable bonds is 3. The van der Waals surface area contributed by atoms with Crippen LogP contribution < -0.4 is 5.73 Å². The van der Waals surface area contributed by atoms with E-state index >= 15 is 0 Å². The quantitative estimate of drug-likeness (QED) is 0.755. The van der Waals surface area contributed by atoms with Crippen LogP contribution in [0, 0.1) is 0 Å². The van der Waals surface area contributed by atoms with Crippen molar-refractivity contribution in [1.82, 2.24) is 25.0 Å². The van der Waals surface area contributed by atoms with Crippen molar-refractivity contribution >= 4 is 0 Å². The molecule has 94 valence electrons. The molecule has 2 N–H and O–H groups in total. The third-order valence-electron chi connectivity index (χ3n) is 2.80. The molecule has 0 radical (unpaired) electrons. The van der Waals surface area contributed by atoms with E-state index < -0.39 is 6.04 Å². The number of aromatic nitrogens is 5. The van der Waals surface area contributed by atoms with E-state index in [2.05, 4.69) is 20.3 Å². The van der Waals surface area contributed by atoms with Gasteiger partial charge in [0.15, 0.2) is 0 Å². The molecule has 0 amide bonds. The first kappa shape index (κ1) is 11.5. The summed E-state index contributed by atoms with van der Waals surface area (Å²) in [5.74, 6) is 0. The third-order valence-corrected chi connectivity index (χ3v) is 2.80. The zero-order chi connectivity index (χ0) is 13.1. The third kappa shape index (κ3) is 2.21. The van der Waals surface area contributed by atoms with E-state index in [9.17, 15) is 0 Å². The zero-order valence-electron chi connectivity index (χ0n) is 10.1. The van der Waals surface area contributed by atoms with Crippen LogP contribution in [-0.2, 0) is 0 Å². The largest absolute Gasteiger partial charge is 0.318 e. The number of benzene rings is 1. The van der Waals surface area contributed by atoms with Crippen LogP contribution in [0.3, 0.4) is 0 Å². The summed E-state index contributed by atoms with van der Waals surface area (Å²) in [5.41, 5.74) is 8.56. The molecule has 3 aromatic rings. The minimum absolute atomic E-state index is 0.413. The van der Waals surface area contributed by atoms with Crippen molar-refractivity contribution in [3.05, 3.63) is 66.5 Å². The average molecular weight is 252 g/mol. The normalized spacial score (nSPS) is 12.3. The Morgan fingerprint density at radius 2 is 1.89 bits per heavy atom. The summed E-state index contributed by atoms with van der Waals surface area (Å²) in [6, 6.07) is 9.30. The van der Waals surface area contributed by atoms with Gasteiger partial charge in [0.2, 0.25) is 0 Å². The van der Waals surface area contributed by atoms with Crippen molar-refractivity contribution in [3.63, 3.8) is 0 Å². The van der Waals surface area contributed by atoms with Gasteiger partial charge in [0.1, 0.15) is 0 Å². The molecule has 0 spiro atoms. The second kappa shape index (κ2) is 4.95. The van der Waals surface area contributed by atoms with Crippen molar-refractivity contribution < 1.29 is 0 Å². The lowest BCUT2D eigenvalue weighted by Gasteiger charge is -2.12. The lowest BCUT2D eigenvalue weighted by atomic mass is 10.1. The number of hydrogen-bond acceptors (Lipinski definition) is 5. The van der Waals surface area contributed by atoms with Crippen molar-refractivity contribution in [2.45, 2.75) is 6.04 Å². The Kier molecular flexibility index (Phi) is 2.99. The summed E-state index contributed by atoms with van der Waals surface area (Å²) in [7, 11) is 0. The predicted molar refractivity (Wildman–Crippen MR) is 69.4 cm³/mol. The lowest BCUT2D eigenvalue weighted by Crippen LogP contribution is -2.18. The summed E-state index contributed by atoms with van der Waals surface area (Å²) in [4.78, 5) is 8.24. The monoisotopic (exact) mass is 252 g/mol. The van der Waals surface area contributed by atoms with E-state index in [0.717, 1.165) is 11.4 Å². The molecule has 0 fully saturated rings. The van der Waals surface area contributed by atoms with Gasteiger partial charge in [-0.25, -0.2) is 4.68 Å². The van der Waals surface area contributed by atoms with Gasteiger partial charge < -0.3 is 5.73 Å². The van der Waals surface area contributed by atoms with Crippen molar-refractivity contribution in [1.29, 1.82) is 0 Å². The van der Waals surface area contributed by atoms with Crippen LogP contribution in [0.15, 0.2) is 55.1 Å². The Morgan fingerprint density at radius 1 is 1.05 bits per heavy atom. The van der Waals surface area contributed by atoms with E-state index in [0.29, 0.717) is 5.69 Å². The smallest absolute Gasteiger partial charge is 0.0933 e. The maximum absolute atomic E-state index is 6.20. The van der Waals surface area contributed by atoms with Gasteiger partial charge in [-0.3, -0.25) is 9.97 Å². The molecule has 0 aliphatic rings. The number of nitrogens with two attached hydrogens (primary N) is 1. The maximum atomic E-state index is 6.20. The highest BCUT2D eigenvalue weighted by Gasteiger charge is 2.17. The second-order valence-electron chi connectivity index (χ2n) is 4.01. The highest BCUT2D eigenvalue weighted by atomic mass is 15.4. The molecule has 2 aromatic heterocycles. The summed E-state index contributed by atoms with van der Waals surface area (Å²) in [5, 5.41) is 8.00. The van der Waals surface area contributed by atoms with Gasteiger partial charge in [0.05, 0.1) is 35.5 Å². The molecule has 2 heterocycles. The van der Waals surface area contributed by atoms with Gasteiger partial charge in [-0.05, 0) is 12.1 Å². The lowest BCUT2D eigenvalue weighted by molar-refractivity contribution is 0.704. The minimum Gasteiger partial charge on any atom is -0.318 e. The van der Waals surface area contributed by atoms with E-state index in [1.54, 1.807) is 29.5 Å². The van der Waals surface area contributed by atoms with Crippen LogP contribution in [0.25, 0.3) is 5.69 Å². The van der Waals surface area contributed by atoms with Crippen LogP contribution in [0.4, 0.5) is 0 Å². The standard InChI is InChI=1S/C13H12N6/c14-13(11-8-15-6-7-16-11)12-9-17-18-19(12)10-4-2-1-3-5-10/h1-9,13H,14H2. The van der Waals surface area contributed by atoms with E-state index in [-0.39, 0.29) is 0 Å². The van der Waals surface area contributed by atoms with Crippen LogP contribution >= 0.6 is 0 Å². The maximum Gasteiger partial charge on any atom is 0.0933 e. The molecule has 1 aromatic carbocycles. The van der Waals surface area contributed by atoms with Gasteiger partial charge >= 0.3 is 0 Å². The number of hydrogen-bond donors (Lipinski definition) is 1. The Balaban J connectivity index is 2.01. The van der Waals surface area contributed by atoms with Gasteiger partial charge in [-0.1, -0.05) is 23.4 Å². The molecule has 0 aliphatic heterocycles. The molecule has 0 saturated carbocycles. The topological polar surface area (TPSA) is 82.5 Å². The summed E-state index contributed by atoms with van der Waals surface area (Å²) in [6.07, 6.45) is 6.52. The first-order valence-corrected chi connectivity index (χ1v) is 5.84. The van der Waals surface area contributed by atoms with Crippen LogP contribution in [0.1, 0.15) is 17.4 Å². The number of para-hydroxylation sites is 1. The molecule has 6 heteroatoms. The molecular weight excluding hydrogens is 240 g/mol. The van der Waals surface area contributed by atoms with E-state index in [4.69, 9.17) is 5.73 Å². The Morgan fingerprint density at radius 3 is 2.63 bits per heavy atom. The minimum atomic E-state index is -0.413. The van der Waals surface area contributed by atoms with Gasteiger partial charge in [-0.15, -0.1) is 5.10 Å². The van der Waals surface area contributed by atoms with E-state index in [1.807, 2.05) is 30.3 Å². The zero-order valence-corrected chi connectivity index (χ0v) is 10.1. The molecule has 19 heavy (non-hydrogen) atoms. The highest BCUT2D eigenvalue weighted by Crippen LogP contribution is 2.18. The highest BCUT2D eigenvalue weighted by molar-refractivity contribution is 5.33. The summed E-state index contributed by atoms with van der Waals surface area (Å²) >= 11 is 0. The second-order valence-corrected chi connectivity index (χ2v) is 4.01. The SMILES string of the molecule is NC(c1cnccn1)c1cnnn1-c1ccccc1.